The van der Waals surface area contributed by atoms with Gasteiger partial charge in [0.15, 0.2) is 0 Å². The number of piperidine rings is 1. The summed E-state index contributed by atoms with van der Waals surface area (Å²) in [6, 6.07) is 7.37. The Morgan fingerprint density at radius 3 is 2.61 bits per heavy atom. The van der Waals surface area contributed by atoms with Crippen molar-refractivity contribution in [1.82, 2.24) is 19.7 Å². The van der Waals surface area contributed by atoms with Gasteiger partial charge in [0.1, 0.15) is 23.3 Å². The number of amides is 2. The van der Waals surface area contributed by atoms with Crippen LogP contribution in [0.2, 0.25) is 0 Å². The van der Waals surface area contributed by atoms with Gasteiger partial charge in [0.2, 0.25) is 6.10 Å². The summed E-state index contributed by atoms with van der Waals surface area (Å²) in [5.74, 6) is -0.284. The summed E-state index contributed by atoms with van der Waals surface area (Å²) in [6.07, 6.45) is -9.37. The number of fused-ring (bicyclic) bond motifs is 2. The molecular formula is C25H25F4N5O4. The van der Waals surface area contributed by atoms with Crippen molar-refractivity contribution in [2.45, 2.75) is 57.3 Å². The zero-order valence-electron chi connectivity index (χ0n) is 20.8. The maximum absolute atomic E-state index is 15.5. The normalized spacial score (nSPS) is 22.0. The van der Waals surface area contributed by atoms with E-state index < -0.39 is 42.3 Å². The first-order valence-electron chi connectivity index (χ1n) is 12.0. The fraction of sp³-hybridized carbons (Fsp3) is 0.440. The monoisotopic (exact) mass is 535 g/mol. The average Bonchev–Trinajstić information content (AvgIpc) is 3.20. The minimum atomic E-state index is -4.90. The molecule has 38 heavy (non-hydrogen) atoms. The molecule has 5 rings (SSSR count). The van der Waals surface area contributed by atoms with E-state index in [1.54, 1.807) is 45.0 Å². The highest BCUT2D eigenvalue weighted by molar-refractivity contribution is 5.97. The van der Waals surface area contributed by atoms with Crippen LogP contribution in [0.3, 0.4) is 0 Å². The topological polar surface area (TPSA) is 98.6 Å². The number of aromatic nitrogens is 3. The zero-order chi connectivity index (χ0) is 27.4. The lowest BCUT2D eigenvalue weighted by molar-refractivity contribution is -0.206. The van der Waals surface area contributed by atoms with Crippen molar-refractivity contribution in [3.05, 3.63) is 42.1 Å². The highest BCUT2D eigenvalue weighted by atomic mass is 19.4. The summed E-state index contributed by atoms with van der Waals surface area (Å²) in [5, 5.41) is 7.28. The number of benzene rings is 1. The molecule has 13 heteroatoms. The molecule has 0 radical (unpaired) electrons. The third-order valence-electron chi connectivity index (χ3n) is 6.34. The number of cyclic esters (lactones) is 1. The first-order chi connectivity index (χ1) is 17.8. The van der Waals surface area contributed by atoms with Crippen LogP contribution in [0.15, 0.2) is 36.5 Å². The summed E-state index contributed by atoms with van der Waals surface area (Å²) < 4.78 is 68.6. The number of hydrogen-bond donors (Lipinski definition) is 1. The van der Waals surface area contributed by atoms with Gasteiger partial charge in [-0.15, -0.1) is 0 Å². The molecule has 0 spiro atoms. The molecule has 1 saturated heterocycles. The van der Waals surface area contributed by atoms with Crippen LogP contribution in [-0.2, 0) is 9.47 Å². The largest absolute Gasteiger partial charge is 0.444 e. The van der Waals surface area contributed by atoms with Gasteiger partial charge in [-0.25, -0.2) is 19.0 Å². The first kappa shape index (κ1) is 25.7. The maximum atomic E-state index is 15.5. The Kier molecular flexibility index (Phi) is 6.19. The van der Waals surface area contributed by atoms with Crippen molar-refractivity contribution in [2.75, 3.05) is 18.4 Å². The van der Waals surface area contributed by atoms with Crippen molar-refractivity contribution in [1.29, 1.82) is 0 Å². The van der Waals surface area contributed by atoms with E-state index in [4.69, 9.17) is 4.74 Å². The molecule has 4 heterocycles. The molecule has 0 saturated carbocycles. The van der Waals surface area contributed by atoms with E-state index in [1.807, 2.05) is 0 Å². The third kappa shape index (κ3) is 4.72. The number of pyridine rings is 1. The SMILES string of the molecule is CC(C)(C)OC(=O)N1CC[C@@H](n2nc(-c3ccnc4c3[C@H](C(F)(F)F)OC(=O)N4)c3ccccc32)[C@H](F)C1. The lowest BCUT2D eigenvalue weighted by Crippen LogP contribution is -2.47. The highest BCUT2D eigenvalue weighted by Gasteiger charge is 2.49. The molecule has 2 amide bonds. The second-order valence-electron chi connectivity index (χ2n) is 10.2. The Bertz CT molecular complexity index is 1400. The Morgan fingerprint density at radius 1 is 1.18 bits per heavy atom. The summed E-state index contributed by atoms with van der Waals surface area (Å²) >= 11 is 0. The summed E-state index contributed by atoms with van der Waals surface area (Å²) in [5.41, 5.74) is -0.389. The molecule has 1 aromatic carbocycles. The molecule has 1 fully saturated rings. The third-order valence-corrected chi connectivity index (χ3v) is 6.34. The van der Waals surface area contributed by atoms with Crippen LogP contribution in [0.4, 0.5) is 33.0 Å². The van der Waals surface area contributed by atoms with Gasteiger partial charge in [-0.3, -0.25) is 10.00 Å². The number of carbonyl (C=O) groups excluding carboxylic acids is 2. The van der Waals surface area contributed by atoms with Crippen LogP contribution in [0.25, 0.3) is 22.2 Å². The Balaban J connectivity index is 1.55. The molecule has 2 aliphatic heterocycles. The zero-order valence-corrected chi connectivity index (χ0v) is 20.8. The van der Waals surface area contributed by atoms with Crippen molar-refractivity contribution in [3.8, 4) is 11.3 Å². The molecule has 2 aliphatic rings. The number of nitrogens with zero attached hydrogens (tertiary/aromatic N) is 4. The van der Waals surface area contributed by atoms with E-state index in [0.717, 1.165) is 0 Å². The molecule has 0 unspecified atom stereocenters. The van der Waals surface area contributed by atoms with Crippen molar-refractivity contribution < 1.29 is 36.6 Å². The lowest BCUT2D eigenvalue weighted by Gasteiger charge is -2.35. The van der Waals surface area contributed by atoms with E-state index in [0.29, 0.717) is 10.9 Å². The summed E-state index contributed by atoms with van der Waals surface area (Å²) in [4.78, 5) is 29.4. The lowest BCUT2D eigenvalue weighted by atomic mass is 9.97. The van der Waals surface area contributed by atoms with Crippen LogP contribution in [0.1, 0.15) is 44.9 Å². The molecule has 3 atom stereocenters. The molecule has 3 aromatic rings. The second kappa shape index (κ2) is 9.14. The quantitative estimate of drug-likeness (QED) is 0.418. The number of hydrogen-bond acceptors (Lipinski definition) is 6. The number of likely N-dealkylation sites (tertiary alicyclic amines) is 1. The van der Waals surface area contributed by atoms with Gasteiger partial charge in [0.25, 0.3) is 0 Å². The minimum absolute atomic E-state index is 0.0499. The fourth-order valence-electron chi connectivity index (χ4n) is 4.77. The number of anilines is 1. The fourth-order valence-corrected chi connectivity index (χ4v) is 4.77. The first-order valence-corrected chi connectivity index (χ1v) is 12.0. The number of ether oxygens (including phenoxy) is 2. The van der Waals surface area contributed by atoms with Crippen LogP contribution in [-0.4, -0.2) is 62.9 Å². The van der Waals surface area contributed by atoms with Crippen LogP contribution in [0.5, 0.6) is 0 Å². The Morgan fingerprint density at radius 2 is 1.92 bits per heavy atom. The van der Waals surface area contributed by atoms with Gasteiger partial charge >= 0.3 is 18.4 Å². The predicted octanol–water partition coefficient (Wildman–Crippen LogP) is 5.78. The number of alkyl halides is 4. The molecule has 0 bridgehead atoms. The van der Waals surface area contributed by atoms with Crippen LogP contribution >= 0.6 is 0 Å². The number of carbonyl (C=O) groups is 2. The van der Waals surface area contributed by atoms with E-state index in [2.05, 4.69) is 20.1 Å². The standard InChI is InChI=1S/C25H25F4N5O4/c1-24(2,3)38-23(36)33-11-9-17(15(26)12-33)34-16-7-5-4-6-13(16)19(32-34)14-8-10-30-21-18(14)20(25(27,28)29)37-22(35)31-21/h4-8,10,15,17,20H,9,11-12H2,1-3H3,(H,30,31,35)/t15-,17-,20-/m1/s1. The second-order valence-corrected chi connectivity index (χ2v) is 10.2. The molecule has 202 valence electrons. The number of rotatable bonds is 2. The average molecular weight is 535 g/mol. The Hall–Kier alpha value is -3.90. The van der Waals surface area contributed by atoms with Crippen molar-refractivity contribution in [2.24, 2.45) is 0 Å². The van der Waals surface area contributed by atoms with E-state index >= 15 is 4.39 Å². The van der Waals surface area contributed by atoms with E-state index in [9.17, 15) is 22.8 Å². The predicted molar refractivity (Wildman–Crippen MR) is 128 cm³/mol. The molecule has 0 aliphatic carbocycles. The molecule has 1 N–H and O–H groups in total. The number of nitrogens with one attached hydrogen (secondary N) is 1. The number of halogens is 4. The van der Waals surface area contributed by atoms with Crippen molar-refractivity contribution >= 4 is 28.9 Å². The van der Waals surface area contributed by atoms with Gasteiger partial charge in [-0.1, -0.05) is 18.2 Å². The van der Waals surface area contributed by atoms with Gasteiger partial charge in [0, 0.05) is 23.7 Å². The minimum Gasteiger partial charge on any atom is -0.444 e. The van der Waals surface area contributed by atoms with Gasteiger partial charge in [0.05, 0.1) is 23.7 Å². The summed E-state index contributed by atoms with van der Waals surface area (Å²) in [7, 11) is 0. The molecule has 9 nitrogen and oxygen atoms in total. The van der Waals surface area contributed by atoms with E-state index in [-0.39, 0.29) is 42.1 Å². The van der Waals surface area contributed by atoms with Crippen LogP contribution in [0, 0.1) is 0 Å². The molecular weight excluding hydrogens is 510 g/mol. The van der Waals surface area contributed by atoms with Gasteiger partial charge < -0.3 is 14.4 Å². The highest BCUT2D eigenvalue weighted by Crippen LogP contribution is 2.46. The summed E-state index contributed by atoms with van der Waals surface area (Å²) in [6.45, 7) is 5.16. The smallest absolute Gasteiger partial charge is 0.430 e. The van der Waals surface area contributed by atoms with Gasteiger partial charge in [-0.05, 0) is 39.3 Å². The number of para-hydroxylation sites is 1. The molecule has 2 aromatic heterocycles. The van der Waals surface area contributed by atoms with Gasteiger partial charge in [-0.2, -0.15) is 18.3 Å². The Labute approximate surface area is 214 Å². The van der Waals surface area contributed by atoms with Crippen LogP contribution < -0.4 is 5.32 Å². The van der Waals surface area contributed by atoms with E-state index in [1.165, 1.54) is 21.8 Å². The maximum Gasteiger partial charge on any atom is 0.430 e. The van der Waals surface area contributed by atoms with Crippen molar-refractivity contribution in [3.63, 3.8) is 0 Å².